The van der Waals surface area contributed by atoms with E-state index in [1.54, 1.807) is 16.8 Å². The number of ether oxygens (including phenoxy) is 1. The molecule has 7 heteroatoms. The van der Waals surface area contributed by atoms with Gasteiger partial charge in [0.2, 0.25) is 5.91 Å². The van der Waals surface area contributed by atoms with Crippen LogP contribution in [0.4, 0.5) is 5.82 Å². The van der Waals surface area contributed by atoms with Gasteiger partial charge in [-0.1, -0.05) is 6.07 Å². The second-order valence-corrected chi connectivity index (χ2v) is 6.24. The van der Waals surface area contributed by atoms with Crippen molar-refractivity contribution in [3.05, 3.63) is 35.0 Å². The number of rotatable bonds is 2. The predicted octanol–water partition coefficient (Wildman–Crippen LogP) is 2.22. The lowest BCUT2D eigenvalue weighted by atomic mass is 10.0. The van der Waals surface area contributed by atoms with Crippen LogP contribution in [0.1, 0.15) is 22.1 Å². The van der Waals surface area contributed by atoms with Crippen LogP contribution in [0.5, 0.6) is 11.5 Å². The van der Waals surface area contributed by atoms with Gasteiger partial charge in [-0.15, -0.1) is 11.8 Å². The number of fused-ring (bicyclic) bond motifs is 1. The summed E-state index contributed by atoms with van der Waals surface area (Å²) in [7, 11) is 3.33. The lowest BCUT2D eigenvalue weighted by Gasteiger charge is -2.16. The fourth-order valence-electron chi connectivity index (χ4n) is 2.68. The van der Waals surface area contributed by atoms with Crippen molar-refractivity contribution in [2.45, 2.75) is 12.2 Å². The van der Waals surface area contributed by atoms with Gasteiger partial charge in [-0.2, -0.15) is 5.10 Å². The summed E-state index contributed by atoms with van der Waals surface area (Å²) in [5, 5.41) is 17.3. The quantitative estimate of drug-likeness (QED) is 0.887. The van der Waals surface area contributed by atoms with Gasteiger partial charge in [-0.3, -0.25) is 9.48 Å². The van der Waals surface area contributed by atoms with Crippen molar-refractivity contribution in [1.29, 1.82) is 0 Å². The van der Waals surface area contributed by atoms with Gasteiger partial charge in [0.1, 0.15) is 5.82 Å². The second-order valence-electron chi connectivity index (χ2n) is 5.14. The van der Waals surface area contributed by atoms with Crippen LogP contribution in [0.2, 0.25) is 0 Å². The van der Waals surface area contributed by atoms with Crippen molar-refractivity contribution in [2.75, 3.05) is 18.2 Å². The third kappa shape index (κ3) is 2.41. The Morgan fingerprint density at radius 3 is 2.95 bits per heavy atom. The van der Waals surface area contributed by atoms with Crippen LogP contribution in [-0.2, 0) is 11.8 Å². The number of amides is 1. The Morgan fingerprint density at radius 2 is 2.27 bits per heavy atom. The minimum Gasteiger partial charge on any atom is -0.504 e. The van der Waals surface area contributed by atoms with Crippen LogP contribution in [0.3, 0.4) is 0 Å². The Balaban J connectivity index is 2.11. The third-order valence-corrected chi connectivity index (χ3v) is 4.95. The lowest BCUT2D eigenvalue weighted by Crippen LogP contribution is -2.15. The second kappa shape index (κ2) is 5.57. The first kappa shape index (κ1) is 14.8. The van der Waals surface area contributed by atoms with E-state index in [0.29, 0.717) is 17.3 Å². The summed E-state index contributed by atoms with van der Waals surface area (Å²) in [5.41, 5.74) is 2.76. The molecular formula is C15H17N3O3S. The minimum atomic E-state index is -0.0699. The van der Waals surface area contributed by atoms with E-state index in [0.717, 1.165) is 16.8 Å². The van der Waals surface area contributed by atoms with Gasteiger partial charge >= 0.3 is 0 Å². The molecule has 0 saturated carbocycles. The summed E-state index contributed by atoms with van der Waals surface area (Å²) in [6.07, 6.45) is 0. The highest BCUT2D eigenvalue weighted by Crippen LogP contribution is 2.44. The summed E-state index contributed by atoms with van der Waals surface area (Å²) in [6, 6.07) is 5.32. The van der Waals surface area contributed by atoms with Crippen molar-refractivity contribution in [1.82, 2.24) is 9.78 Å². The molecule has 116 valence electrons. The van der Waals surface area contributed by atoms with Crippen LogP contribution < -0.4 is 10.1 Å². The van der Waals surface area contributed by atoms with Gasteiger partial charge in [0.25, 0.3) is 0 Å². The lowest BCUT2D eigenvalue weighted by molar-refractivity contribution is -0.113. The standard InChI is InChI=1S/C15H17N3O3S/c1-8-13-14(9-4-5-11(21-3)10(19)6-9)22-7-12(20)16-15(13)18(2)17-8/h4-6,14,19H,7H2,1-3H3,(H,16,20)/t14-/m0/s1. The molecule has 2 N–H and O–H groups in total. The summed E-state index contributed by atoms with van der Waals surface area (Å²) < 4.78 is 6.77. The minimum absolute atomic E-state index is 0.0468. The van der Waals surface area contributed by atoms with Crippen LogP contribution in [0.25, 0.3) is 0 Å². The number of nitrogens with one attached hydrogen (secondary N) is 1. The molecule has 1 amide bonds. The van der Waals surface area contributed by atoms with Gasteiger partial charge < -0.3 is 15.2 Å². The number of benzene rings is 1. The molecule has 1 atom stereocenters. The maximum absolute atomic E-state index is 11.9. The summed E-state index contributed by atoms with van der Waals surface area (Å²) in [5.74, 6) is 1.54. The number of phenolic OH excluding ortho intramolecular Hbond substituents is 1. The molecule has 1 aliphatic rings. The monoisotopic (exact) mass is 319 g/mol. The van der Waals surface area contributed by atoms with E-state index < -0.39 is 0 Å². The zero-order valence-corrected chi connectivity index (χ0v) is 13.4. The summed E-state index contributed by atoms with van der Waals surface area (Å²) in [6.45, 7) is 1.92. The van der Waals surface area contributed by atoms with Gasteiger partial charge in [-0.25, -0.2) is 0 Å². The molecular weight excluding hydrogens is 302 g/mol. The molecule has 0 unspecified atom stereocenters. The Bertz CT molecular complexity index is 742. The number of phenols is 1. The predicted molar refractivity (Wildman–Crippen MR) is 85.5 cm³/mol. The maximum Gasteiger partial charge on any atom is 0.235 e. The van der Waals surface area contributed by atoms with Gasteiger partial charge in [0.05, 0.1) is 23.8 Å². The number of hydrogen-bond donors (Lipinski definition) is 2. The van der Waals surface area contributed by atoms with E-state index in [1.165, 1.54) is 18.9 Å². The maximum atomic E-state index is 11.9. The fraction of sp³-hybridized carbons (Fsp3) is 0.333. The zero-order valence-electron chi connectivity index (χ0n) is 12.6. The molecule has 1 aliphatic heterocycles. The molecule has 0 fully saturated rings. The number of nitrogens with zero attached hydrogens (tertiary/aromatic N) is 2. The number of aromatic nitrogens is 2. The Morgan fingerprint density at radius 1 is 1.50 bits per heavy atom. The number of carbonyl (C=O) groups excluding carboxylic acids is 1. The number of aryl methyl sites for hydroxylation is 2. The molecule has 22 heavy (non-hydrogen) atoms. The molecule has 0 aliphatic carbocycles. The molecule has 1 aromatic heterocycles. The van der Waals surface area contributed by atoms with Crippen molar-refractivity contribution in [3.8, 4) is 11.5 Å². The number of aromatic hydroxyl groups is 1. The molecule has 0 radical (unpaired) electrons. The molecule has 2 heterocycles. The molecule has 0 saturated heterocycles. The van der Waals surface area contributed by atoms with Crippen LogP contribution in [-0.4, -0.2) is 33.7 Å². The van der Waals surface area contributed by atoms with Crippen LogP contribution in [0.15, 0.2) is 18.2 Å². The first-order valence-corrected chi connectivity index (χ1v) is 7.88. The van der Waals surface area contributed by atoms with E-state index in [-0.39, 0.29) is 16.9 Å². The highest BCUT2D eigenvalue weighted by molar-refractivity contribution is 8.00. The Kier molecular flexibility index (Phi) is 3.74. The van der Waals surface area contributed by atoms with E-state index in [4.69, 9.17) is 4.74 Å². The first-order chi connectivity index (χ1) is 10.5. The number of carbonyl (C=O) groups is 1. The smallest absolute Gasteiger partial charge is 0.235 e. The molecule has 0 spiro atoms. The topological polar surface area (TPSA) is 76.4 Å². The largest absolute Gasteiger partial charge is 0.504 e. The molecule has 1 aromatic carbocycles. The molecule has 2 aromatic rings. The average Bonchev–Trinajstić information content (AvgIpc) is 2.66. The van der Waals surface area contributed by atoms with Crippen molar-refractivity contribution in [2.24, 2.45) is 7.05 Å². The normalized spacial score (nSPS) is 17.6. The SMILES string of the molecule is COc1ccc([C@@H]2SCC(=O)Nc3c2c(C)nn3C)cc1O. The van der Waals surface area contributed by atoms with E-state index in [1.807, 2.05) is 20.0 Å². The Hall–Kier alpha value is -2.15. The zero-order chi connectivity index (χ0) is 15.9. The highest BCUT2D eigenvalue weighted by atomic mass is 32.2. The van der Waals surface area contributed by atoms with Crippen molar-refractivity contribution >= 4 is 23.5 Å². The number of hydrogen-bond acceptors (Lipinski definition) is 5. The van der Waals surface area contributed by atoms with Gasteiger partial charge in [0.15, 0.2) is 11.5 Å². The number of thioether (sulfide) groups is 1. The molecule has 3 rings (SSSR count). The third-order valence-electron chi connectivity index (χ3n) is 3.68. The van der Waals surface area contributed by atoms with E-state index >= 15 is 0 Å². The van der Waals surface area contributed by atoms with Crippen molar-refractivity contribution in [3.63, 3.8) is 0 Å². The molecule has 0 bridgehead atoms. The summed E-state index contributed by atoms with van der Waals surface area (Å²) >= 11 is 1.52. The number of methoxy groups -OCH3 is 1. The highest BCUT2D eigenvalue weighted by Gasteiger charge is 2.29. The van der Waals surface area contributed by atoms with Gasteiger partial charge in [0, 0.05) is 12.6 Å². The van der Waals surface area contributed by atoms with Crippen LogP contribution >= 0.6 is 11.8 Å². The fourth-order valence-corrected chi connectivity index (χ4v) is 3.86. The van der Waals surface area contributed by atoms with Gasteiger partial charge in [-0.05, 0) is 24.6 Å². The van der Waals surface area contributed by atoms with E-state index in [9.17, 15) is 9.90 Å². The summed E-state index contributed by atoms with van der Waals surface area (Å²) in [4.78, 5) is 11.9. The van der Waals surface area contributed by atoms with E-state index in [2.05, 4.69) is 10.4 Å². The van der Waals surface area contributed by atoms with Crippen molar-refractivity contribution < 1.29 is 14.6 Å². The average molecular weight is 319 g/mol. The Labute approximate surface area is 132 Å². The first-order valence-electron chi connectivity index (χ1n) is 6.83. The number of anilines is 1. The molecule has 6 nitrogen and oxygen atoms in total. The van der Waals surface area contributed by atoms with Crippen LogP contribution in [0, 0.1) is 6.92 Å².